The van der Waals surface area contributed by atoms with Gasteiger partial charge in [-0.2, -0.15) is 0 Å². The van der Waals surface area contributed by atoms with Gasteiger partial charge in [0.25, 0.3) is 0 Å². The fourth-order valence-corrected chi connectivity index (χ4v) is 2.80. The minimum atomic E-state index is -0.568. The van der Waals surface area contributed by atoms with Gasteiger partial charge in [0.2, 0.25) is 0 Å². The predicted molar refractivity (Wildman–Crippen MR) is 75.0 cm³/mol. The number of imidazole rings is 1. The first-order valence-corrected chi connectivity index (χ1v) is 6.67. The Morgan fingerprint density at radius 3 is 2.74 bits per heavy atom. The van der Waals surface area contributed by atoms with Crippen molar-refractivity contribution < 1.29 is 5.11 Å². The van der Waals surface area contributed by atoms with E-state index in [-0.39, 0.29) is 5.69 Å². The highest BCUT2D eigenvalue weighted by atomic mass is 16.3. The molecule has 1 heterocycles. The molecule has 0 atom stereocenters. The highest BCUT2D eigenvalue weighted by Crippen LogP contribution is 2.35. The molecular weight excluding hydrogens is 242 g/mol. The second-order valence-corrected chi connectivity index (χ2v) is 5.57. The maximum absolute atomic E-state index is 12.2. The molecule has 0 spiro atoms. The Bertz CT molecular complexity index is 680. The van der Waals surface area contributed by atoms with E-state index in [9.17, 15) is 9.90 Å². The number of nitrogen functional groups attached to an aromatic ring is 1. The molecule has 0 unspecified atom stereocenters. The second kappa shape index (κ2) is 4.13. The van der Waals surface area contributed by atoms with Gasteiger partial charge in [-0.15, -0.1) is 0 Å². The predicted octanol–water partition coefficient (Wildman–Crippen LogP) is 1.23. The first-order valence-electron chi connectivity index (χ1n) is 6.67. The molecule has 1 saturated carbocycles. The van der Waals surface area contributed by atoms with Crippen LogP contribution in [0.2, 0.25) is 0 Å². The van der Waals surface area contributed by atoms with Crippen LogP contribution in [-0.4, -0.2) is 19.8 Å². The van der Waals surface area contributed by atoms with Gasteiger partial charge in [-0.3, -0.25) is 9.13 Å². The molecule has 3 rings (SSSR count). The third-order valence-electron chi connectivity index (χ3n) is 4.25. The molecule has 1 aromatic heterocycles. The molecule has 1 aromatic carbocycles. The second-order valence-electron chi connectivity index (χ2n) is 5.57. The van der Waals surface area contributed by atoms with Crippen molar-refractivity contribution in [2.75, 3.05) is 5.73 Å². The maximum Gasteiger partial charge on any atom is 0.328 e. The Kier molecular flexibility index (Phi) is 2.67. The first-order chi connectivity index (χ1) is 9.00. The minimum Gasteiger partial charge on any atom is -0.399 e. The lowest BCUT2D eigenvalue weighted by Crippen LogP contribution is -2.38. The zero-order valence-corrected chi connectivity index (χ0v) is 11.1. The number of aromatic nitrogens is 2. The largest absolute Gasteiger partial charge is 0.399 e. The quantitative estimate of drug-likeness (QED) is 0.816. The Morgan fingerprint density at radius 1 is 1.37 bits per heavy atom. The highest BCUT2D eigenvalue weighted by molar-refractivity contribution is 5.79. The van der Waals surface area contributed by atoms with Crippen LogP contribution in [0.25, 0.3) is 11.0 Å². The molecular formula is C14H19N3O2. The molecule has 3 N–H and O–H groups in total. The van der Waals surface area contributed by atoms with Crippen molar-refractivity contribution >= 4 is 16.7 Å². The number of hydrogen-bond acceptors (Lipinski definition) is 3. The van der Waals surface area contributed by atoms with Crippen molar-refractivity contribution in [2.45, 2.75) is 37.8 Å². The topological polar surface area (TPSA) is 73.2 Å². The lowest BCUT2D eigenvalue weighted by Gasteiger charge is -2.36. The molecule has 0 amide bonds. The van der Waals surface area contributed by atoms with Crippen molar-refractivity contribution in [1.29, 1.82) is 0 Å². The summed E-state index contributed by atoms with van der Waals surface area (Å²) in [7, 11) is 1.76. The summed E-state index contributed by atoms with van der Waals surface area (Å²) in [6.45, 7) is 0.538. The zero-order chi connectivity index (χ0) is 13.6. The molecule has 0 aliphatic heterocycles. The number of aryl methyl sites for hydroxylation is 2. The normalized spacial score (nSPS) is 17.6. The van der Waals surface area contributed by atoms with Gasteiger partial charge in [-0.25, -0.2) is 4.79 Å². The number of nitrogens with two attached hydrogens (primary N) is 1. The van der Waals surface area contributed by atoms with Crippen LogP contribution in [0.1, 0.15) is 25.7 Å². The van der Waals surface area contributed by atoms with Crippen LogP contribution in [0.5, 0.6) is 0 Å². The van der Waals surface area contributed by atoms with Crippen molar-refractivity contribution in [1.82, 2.24) is 9.13 Å². The Balaban J connectivity index is 2.00. The monoisotopic (exact) mass is 261 g/mol. The van der Waals surface area contributed by atoms with E-state index in [1.165, 1.54) is 0 Å². The smallest absolute Gasteiger partial charge is 0.328 e. The van der Waals surface area contributed by atoms with E-state index >= 15 is 0 Å². The van der Waals surface area contributed by atoms with Crippen LogP contribution in [0, 0.1) is 0 Å². The number of rotatable bonds is 3. The van der Waals surface area contributed by atoms with E-state index in [0.29, 0.717) is 18.7 Å². The van der Waals surface area contributed by atoms with E-state index in [4.69, 9.17) is 5.73 Å². The maximum atomic E-state index is 12.2. The summed E-state index contributed by atoms with van der Waals surface area (Å²) in [4.78, 5) is 12.2. The van der Waals surface area contributed by atoms with Gasteiger partial charge in [-0.1, -0.05) is 0 Å². The van der Waals surface area contributed by atoms with Gasteiger partial charge >= 0.3 is 5.69 Å². The van der Waals surface area contributed by atoms with Gasteiger partial charge < -0.3 is 10.8 Å². The van der Waals surface area contributed by atoms with Gasteiger partial charge in [0.05, 0.1) is 16.6 Å². The Hall–Kier alpha value is -1.75. The lowest BCUT2D eigenvalue weighted by atomic mass is 9.78. The molecule has 2 aromatic rings. The fraction of sp³-hybridized carbons (Fsp3) is 0.500. The summed E-state index contributed by atoms with van der Waals surface area (Å²) in [6.07, 6.45) is 3.39. The van der Waals surface area contributed by atoms with Crippen LogP contribution in [0.4, 0.5) is 5.69 Å². The molecule has 0 bridgehead atoms. The van der Waals surface area contributed by atoms with E-state index < -0.39 is 5.60 Å². The summed E-state index contributed by atoms with van der Waals surface area (Å²) in [6, 6.07) is 5.48. The number of benzene rings is 1. The summed E-state index contributed by atoms with van der Waals surface area (Å²) in [5.74, 6) is 0. The van der Waals surface area contributed by atoms with Gasteiger partial charge in [0.1, 0.15) is 0 Å². The number of nitrogens with zero attached hydrogens (tertiary/aromatic N) is 2. The third-order valence-corrected chi connectivity index (χ3v) is 4.25. The summed E-state index contributed by atoms with van der Waals surface area (Å²) in [5.41, 5.74) is 7.54. The first kappa shape index (κ1) is 12.3. The average Bonchev–Trinajstić information content (AvgIpc) is 2.57. The molecule has 5 nitrogen and oxygen atoms in total. The Morgan fingerprint density at radius 2 is 2.11 bits per heavy atom. The molecule has 102 valence electrons. The van der Waals surface area contributed by atoms with E-state index in [2.05, 4.69) is 0 Å². The SMILES string of the molecule is Cn1c(=O)n(CCC2(O)CCC2)c2cc(N)ccc21. The zero-order valence-electron chi connectivity index (χ0n) is 11.1. The number of aliphatic hydroxyl groups is 1. The van der Waals surface area contributed by atoms with E-state index in [1.54, 1.807) is 22.2 Å². The van der Waals surface area contributed by atoms with Gasteiger partial charge in [0.15, 0.2) is 0 Å². The summed E-state index contributed by atoms with van der Waals surface area (Å²) < 4.78 is 3.33. The van der Waals surface area contributed by atoms with Crippen LogP contribution in [0.15, 0.2) is 23.0 Å². The summed E-state index contributed by atoms with van der Waals surface area (Å²) >= 11 is 0. The number of hydrogen-bond donors (Lipinski definition) is 2. The number of anilines is 1. The standard InChI is InChI=1S/C14H19N3O2/c1-16-11-4-3-10(15)9-12(11)17(13(16)18)8-7-14(19)5-2-6-14/h3-4,9,19H,2,5-8,15H2,1H3. The van der Waals surface area contributed by atoms with E-state index in [1.807, 2.05) is 12.1 Å². The van der Waals surface area contributed by atoms with Crippen molar-refractivity contribution in [2.24, 2.45) is 7.05 Å². The van der Waals surface area contributed by atoms with Crippen LogP contribution in [0.3, 0.4) is 0 Å². The van der Waals surface area contributed by atoms with Crippen LogP contribution in [-0.2, 0) is 13.6 Å². The van der Waals surface area contributed by atoms with Gasteiger partial charge in [0, 0.05) is 19.3 Å². The lowest BCUT2D eigenvalue weighted by molar-refractivity contribution is -0.0432. The third kappa shape index (κ3) is 1.94. The molecule has 1 aliphatic carbocycles. The van der Waals surface area contributed by atoms with Crippen molar-refractivity contribution in [3.05, 3.63) is 28.7 Å². The van der Waals surface area contributed by atoms with Crippen molar-refractivity contribution in [3.8, 4) is 0 Å². The number of fused-ring (bicyclic) bond motifs is 1. The molecule has 0 saturated heterocycles. The molecule has 1 aliphatic rings. The molecule has 1 fully saturated rings. The van der Waals surface area contributed by atoms with E-state index in [0.717, 1.165) is 30.3 Å². The Labute approximate surface area is 111 Å². The molecule has 0 radical (unpaired) electrons. The molecule has 19 heavy (non-hydrogen) atoms. The highest BCUT2D eigenvalue weighted by Gasteiger charge is 2.34. The summed E-state index contributed by atoms with van der Waals surface area (Å²) in [5, 5.41) is 10.1. The van der Waals surface area contributed by atoms with Crippen LogP contribution >= 0.6 is 0 Å². The molecule has 5 heteroatoms. The van der Waals surface area contributed by atoms with Gasteiger partial charge in [-0.05, 0) is 43.9 Å². The average molecular weight is 261 g/mol. The van der Waals surface area contributed by atoms with Crippen LogP contribution < -0.4 is 11.4 Å². The van der Waals surface area contributed by atoms with Crippen molar-refractivity contribution in [3.63, 3.8) is 0 Å². The minimum absolute atomic E-state index is 0.0523. The fourth-order valence-electron chi connectivity index (χ4n) is 2.80.